The minimum atomic E-state index is 0.0776. The highest BCUT2D eigenvalue weighted by atomic mass is 16.2. The first kappa shape index (κ1) is 16.0. The van der Waals surface area contributed by atoms with Gasteiger partial charge >= 0.3 is 0 Å². The number of nitrogens with one attached hydrogen (secondary N) is 1. The van der Waals surface area contributed by atoms with Crippen LogP contribution in [-0.2, 0) is 0 Å². The zero-order valence-electron chi connectivity index (χ0n) is 14.0. The van der Waals surface area contributed by atoms with E-state index in [2.05, 4.69) is 10.2 Å². The fourth-order valence-corrected chi connectivity index (χ4v) is 2.72. The lowest BCUT2D eigenvalue weighted by Gasteiger charge is -2.18. The topological polar surface area (TPSA) is 49.0 Å². The van der Waals surface area contributed by atoms with E-state index >= 15 is 0 Å². The summed E-state index contributed by atoms with van der Waals surface area (Å²) in [6, 6.07) is 15.7. The van der Waals surface area contributed by atoms with Crippen molar-refractivity contribution in [2.24, 2.45) is 0 Å². The van der Waals surface area contributed by atoms with Crippen LogP contribution in [0.25, 0.3) is 23.1 Å². The first-order valence-electron chi connectivity index (χ1n) is 8.23. The lowest BCUT2D eigenvalue weighted by atomic mass is 10.1. The number of hydrogen-bond acceptors (Lipinski definition) is 2. The van der Waals surface area contributed by atoms with Gasteiger partial charge in [-0.2, -0.15) is 5.10 Å². The first-order valence-corrected chi connectivity index (χ1v) is 8.23. The number of hydrogen-bond donors (Lipinski definition) is 1. The summed E-state index contributed by atoms with van der Waals surface area (Å²) in [5.74, 6) is 0.0776. The third-order valence-electron chi connectivity index (χ3n) is 4.14. The molecule has 1 amide bonds. The number of aromatic amines is 1. The molecule has 2 aromatic carbocycles. The Balaban J connectivity index is 1.78. The van der Waals surface area contributed by atoms with Crippen molar-refractivity contribution >= 4 is 29.0 Å². The van der Waals surface area contributed by atoms with Gasteiger partial charge in [0.15, 0.2) is 0 Å². The van der Waals surface area contributed by atoms with Crippen LogP contribution in [0.15, 0.2) is 48.5 Å². The fraction of sp³-hybridized carbons (Fsp3) is 0.200. The number of carbonyl (C=O) groups is 1. The van der Waals surface area contributed by atoms with E-state index in [1.165, 1.54) is 0 Å². The summed E-state index contributed by atoms with van der Waals surface area (Å²) in [5.41, 5.74) is 3.70. The van der Waals surface area contributed by atoms with Gasteiger partial charge in [-0.05, 0) is 43.7 Å². The molecule has 0 saturated heterocycles. The fourth-order valence-electron chi connectivity index (χ4n) is 2.72. The Morgan fingerprint density at radius 3 is 2.46 bits per heavy atom. The molecule has 0 aliphatic rings. The average Bonchev–Trinajstić information content (AvgIpc) is 3.04. The number of carbonyl (C=O) groups excluding carboxylic acids is 1. The van der Waals surface area contributed by atoms with Crippen molar-refractivity contribution in [1.29, 1.82) is 0 Å². The zero-order chi connectivity index (χ0) is 16.9. The summed E-state index contributed by atoms with van der Waals surface area (Å²) in [6.45, 7) is 5.44. The second-order valence-corrected chi connectivity index (χ2v) is 5.59. The summed E-state index contributed by atoms with van der Waals surface area (Å²) in [5, 5.41) is 8.45. The van der Waals surface area contributed by atoms with Gasteiger partial charge in [0.25, 0.3) is 5.91 Å². The highest BCUT2D eigenvalue weighted by Crippen LogP contribution is 2.18. The van der Waals surface area contributed by atoms with E-state index in [0.29, 0.717) is 0 Å². The molecule has 0 spiro atoms. The Labute approximate surface area is 141 Å². The largest absolute Gasteiger partial charge is 0.339 e. The molecule has 4 nitrogen and oxygen atoms in total. The number of H-pyrrole nitrogens is 1. The predicted molar refractivity (Wildman–Crippen MR) is 98.7 cm³/mol. The van der Waals surface area contributed by atoms with Crippen LogP contribution in [0.4, 0.5) is 0 Å². The summed E-state index contributed by atoms with van der Waals surface area (Å²) in [6.07, 6.45) is 3.99. The van der Waals surface area contributed by atoms with Crippen LogP contribution in [0.5, 0.6) is 0 Å². The molecular weight excluding hydrogens is 298 g/mol. The maximum Gasteiger partial charge on any atom is 0.253 e. The van der Waals surface area contributed by atoms with Crippen LogP contribution in [0, 0.1) is 0 Å². The Morgan fingerprint density at radius 1 is 1.04 bits per heavy atom. The maximum atomic E-state index is 12.3. The van der Waals surface area contributed by atoms with Crippen LogP contribution >= 0.6 is 0 Å². The van der Waals surface area contributed by atoms with E-state index in [-0.39, 0.29) is 5.91 Å². The number of nitrogens with zero attached hydrogens (tertiary/aromatic N) is 2. The molecule has 122 valence electrons. The van der Waals surface area contributed by atoms with E-state index in [4.69, 9.17) is 0 Å². The Hall–Kier alpha value is -2.88. The van der Waals surface area contributed by atoms with Gasteiger partial charge in [0.2, 0.25) is 0 Å². The zero-order valence-corrected chi connectivity index (χ0v) is 14.0. The molecule has 1 aromatic heterocycles. The number of amides is 1. The number of benzene rings is 2. The second-order valence-electron chi connectivity index (χ2n) is 5.59. The number of para-hydroxylation sites is 1. The van der Waals surface area contributed by atoms with Crippen LogP contribution in [0.1, 0.15) is 35.5 Å². The molecule has 3 aromatic rings. The van der Waals surface area contributed by atoms with Crippen molar-refractivity contribution in [3.05, 3.63) is 65.4 Å². The monoisotopic (exact) mass is 319 g/mol. The lowest BCUT2D eigenvalue weighted by molar-refractivity contribution is 0.0773. The van der Waals surface area contributed by atoms with E-state index in [1.807, 2.05) is 79.4 Å². The third-order valence-corrected chi connectivity index (χ3v) is 4.14. The smallest absolute Gasteiger partial charge is 0.253 e. The van der Waals surface area contributed by atoms with Crippen LogP contribution in [0.2, 0.25) is 0 Å². The van der Waals surface area contributed by atoms with Gasteiger partial charge in [0, 0.05) is 24.0 Å². The number of fused-ring (bicyclic) bond motifs is 1. The van der Waals surface area contributed by atoms with Crippen LogP contribution < -0.4 is 0 Å². The Bertz CT molecular complexity index is 858. The van der Waals surface area contributed by atoms with Crippen LogP contribution in [-0.4, -0.2) is 34.1 Å². The molecule has 1 N–H and O–H groups in total. The molecule has 0 radical (unpaired) electrons. The number of aromatic nitrogens is 2. The average molecular weight is 319 g/mol. The van der Waals surface area contributed by atoms with Crippen LogP contribution in [0.3, 0.4) is 0 Å². The minimum absolute atomic E-state index is 0.0776. The van der Waals surface area contributed by atoms with E-state index in [0.717, 1.165) is 40.8 Å². The Morgan fingerprint density at radius 2 is 1.75 bits per heavy atom. The van der Waals surface area contributed by atoms with E-state index < -0.39 is 0 Å². The van der Waals surface area contributed by atoms with Gasteiger partial charge in [0.05, 0.1) is 11.2 Å². The second kappa shape index (κ2) is 7.13. The molecule has 0 aliphatic carbocycles. The Kier molecular flexibility index (Phi) is 4.75. The molecule has 0 saturated carbocycles. The van der Waals surface area contributed by atoms with Gasteiger partial charge in [-0.3, -0.25) is 9.89 Å². The van der Waals surface area contributed by atoms with E-state index in [1.54, 1.807) is 0 Å². The summed E-state index contributed by atoms with van der Waals surface area (Å²) in [7, 11) is 0. The summed E-state index contributed by atoms with van der Waals surface area (Å²) >= 11 is 0. The molecule has 24 heavy (non-hydrogen) atoms. The predicted octanol–water partition coefficient (Wildman–Crippen LogP) is 4.22. The van der Waals surface area contributed by atoms with Crippen molar-refractivity contribution in [2.75, 3.05) is 13.1 Å². The first-order chi connectivity index (χ1) is 11.7. The molecule has 0 fully saturated rings. The molecular formula is C20H21N3O. The van der Waals surface area contributed by atoms with Crippen molar-refractivity contribution in [3.63, 3.8) is 0 Å². The van der Waals surface area contributed by atoms with Gasteiger partial charge < -0.3 is 4.90 Å². The quantitative estimate of drug-likeness (QED) is 0.765. The maximum absolute atomic E-state index is 12.3. The van der Waals surface area contributed by atoms with Gasteiger partial charge in [-0.25, -0.2) is 0 Å². The molecule has 0 aliphatic heterocycles. The molecule has 4 heteroatoms. The minimum Gasteiger partial charge on any atom is -0.339 e. The van der Waals surface area contributed by atoms with Crippen molar-refractivity contribution < 1.29 is 4.79 Å². The number of rotatable bonds is 5. The molecule has 1 heterocycles. The molecule has 3 rings (SSSR count). The van der Waals surface area contributed by atoms with Gasteiger partial charge in [0.1, 0.15) is 0 Å². The standard InChI is InChI=1S/C20H21N3O/c1-3-23(4-2)20(24)16-12-9-15(10-13-16)11-14-19-17-7-5-6-8-18(17)21-22-19/h5-14H,3-4H2,1-2H3,(H,21,22). The van der Waals surface area contributed by atoms with E-state index in [9.17, 15) is 4.79 Å². The van der Waals surface area contributed by atoms with Crippen molar-refractivity contribution in [3.8, 4) is 0 Å². The SMILES string of the molecule is CCN(CC)C(=O)c1ccc(C=Cc2n[nH]c3ccccc23)cc1. The highest BCUT2D eigenvalue weighted by Gasteiger charge is 2.11. The van der Waals surface area contributed by atoms with Gasteiger partial charge in [-0.1, -0.05) is 36.4 Å². The van der Waals surface area contributed by atoms with Crippen molar-refractivity contribution in [2.45, 2.75) is 13.8 Å². The third kappa shape index (κ3) is 3.23. The normalized spacial score (nSPS) is 11.2. The summed E-state index contributed by atoms with van der Waals surface area (Å²) in [4.78, 5) is 14.1. The summed E-state index contributed by atoms with van der Waals surface area (Å²) < 4.78 is 0. The highest BCUT2D eigenvalue weighted by molar-refractivity contribution is 5.94. The molecule has 0 atom stereocenters. The lowest BCUT2D eigenvalue weighted by Crippen LogP contribution is -2.30. The molecule has 0 unspecified atom stereocenters. The van der Waals surface area contributed by atoms with Crippen molar-refractivity contribution in [1.82, 2.24) is 15.1 Å². The van der Waals surface area contributed by atoms with Gasteiger partial charge in [-0.15, -0.1) is 0 Å². The molecule has 0 bridgehead atoms.